The predicted octanol–water partition coefficient (Wildman–Crippen LogP) is 4.75. The highest BCUT2D eigenvalue weighted by molar-refractivity contribution is 5.72. The van der Waals surface area contributed by atoms with Gasteiger partial charge in [0, 0.05) is 58.8 Å². The summed E-state index contributed by atoms with van der Waals surface area (Å²) >= 11 is 0. The average molecular weight is 577 g/mol. The number of amides is 1. The largest absolute Gasteiger partial charge is 0.400 e. The number of nitrogens with one attached hydrogen (secondary N) is 1. The Balaban J connectivity index is 0. The highest BCUT2D eigenvalue weighted by atomic mass is 16.5. The molecule has 8 atom stereocenters. The van der Waals surface area contributed by atoms with E-state index < -0.39 is 0 Å². The third kappa shape index (κ3) is 20.2. The summed E-state index contributed by atoms with van der Waals surface area (Å²) < 4.78 is 15.8. The molecule has 5 N–H and O–H groups in total. The maximum atomic E-state index is 10.6. The van der Waals surface area contributed by atoms with Crippen LogP contribution in [0, 0.1) is 47.3 Å². The van der Waals surface area contributed by atoms with Gasteiger partial charge in [0.2, 0.25) is 5.91 Å². The maximum Gasteiger partial charge on any atom is 0.216 e. The standard InChI is InChI=1S/C9H17NO2.C8H18.C7H15NO.C7H14O2.CH4O/c1-7-3-4-12-6-9(7)5-10-8(2)11;1-5-7(3)8(4)6-2;2*1-6-2-3-9-5-7(6)4-8;1-2/h7,9H,3-6H2,1-2H3,(H,10,11);7-8H,5-6H2,1-4H3;6-7H,2-5,8H2,1H3;6-8H,2-5H2,1H3;2H,1H3. The molecule has 0 aromatic carbocycles. The van der Waals surface area contributed by atoms with Crippen LogP contribution in [0.4, 0.5) is 0 Å². The molecule has 40 heavy (non-hydrogen) atoms. The van der Waals surface area contributed by atoms with Crippen LogP contribution in [-0.2, 0) is 19.0 Å². The minimum atomic E-state index is 0.0489. The summed E-state index contributed by atoms with van der Waals surface area (Å²) in [4.78, 5) is 10.6. The molecule has 3 fully saturated rings. The molecule has 3 aliphatic rings. The summed E-state index contributed by atoms with van der Waals surface area (Å²) in [6.07, 6.45) is 6.06. The van der Waals surface area contributed by atoms with E-state index in [0.717, 1.165) is 90.4 Å². The Hall–Kier alpha value is -0.770. The third-order valence-corrected chi connectivity index (χ3v) is 8.97. The van der Waals surface area contributed by atoms with Gasteiger partial charge in [-0.3, -0.25) is 4.79 Å². The Morgan fingerprint density at radius 3 is 1.43 bits per heavy atom. The number of aliphatic hydroxyl groups excluding tert-OH is 2. The van der Waals surface area contributed by atoms with Gasteiger partial charge >= 0.3 is 0 Å². The normalized spacial score (nSPS) is 29.2. The number of aliphatic hydroxyl groups is 2. The molecule has 0 aromatic rings. The van der Waals surface area contributed by atoms with Crippen molar-refractivity contribution in [3.05, 3.63) is 0 Å². The zero-order valence-corrected chi connectivity index (χ0v) is 27.6. The lowest BCUT2D eigenvalue weighted by molar-refractivity contribution is -0.119. The van der Waals surface area contributed by atoms with Crippen LogP contribution in [0.2, 0.25) is 0 Å². The van der Waals surface area contributed by atoms with Gasteiger partial charge in [-0.25, -0.2) is 0 Å². The first-order valence-corrected chi connectivity index (χ1v) is 15.8. The SMILES string of the molecule is CC(=O)NCC1COCCC1C.CC1CCOCC1CN.CC1CCOCC1CO.CCC(C)C(C)CC.CO. The lowest BCUT2D eigenvalue weighted by Crippen LogP contribution is -2.36. The smallest absolute Gasteiger partial charge is 0.216 e. The number of rotatable bonds is 7. The fourth-order valence-electron chi connectivity index (χ4n) is 4.58. The van der Waals surface area contributed by atoms with Gasteiger partial charge in [-0.1, -0.05) is 61.3 Å². The van der Waals surface area contributed by atoms with Gasteiger partial charge in [-0.2, -0.15) is 0 Å². The van der Waals surface area contributed by atoms with Crippen LogP contribution in [-0.4, -0.2) is 82.6 Å². The average Bonchev–Trinajstić information content (AvgIpc) is 2.98. The third-order valence-electron chi connectivity index (χ3n) is 8.97. The van der Waals surface area contributed by atoms with Crippen molar-refractivity contribution in [3.8, 4) is 0 Å². The Bertz CT molecular complexity index is 538. The summed E-state index contributed by atoms with van der Waals surface area (Å²) in [6, 6.07) is 0. The van der Waals surface area contributed by atoms with Crippen molar-refractivity contribution in [2.24, 2.45) is 53.1 Å². The molecule has 8 heteroatoms. The first-order valence-electron chi connectivity index (χ1n) is 15.8. The molecule has 3 aliphatic heterocycles. The summed E-state index contributed by atoms with van der Waals surface area (Å²) in [7, 11) is 1.00. The van der Waals surface area contributed by atoms with Gasteiger partial charge in [0.05, 0.1) is 19.8 Å². The number of ether oxygens (including phenoxy) is 3. The molecular formula is C32H68N2O6. The zero-order valence-electron chi connectivity index (χ0n) is 27.6. The van der Waals surface area contributed by atoms with Crippen molar-refractivity contribution >= 4 is 5.91 Å². The van der Waals surface area contributed by atoms with E-state index in [0.29, 0.717) is 29.6 Å². The van der Waals surface area contributed by atoms with Crippen molar-refractivity contribution in [1.29, 1.82) is 0 Å². The van der Waals surface area contributed by atoms with Crippen molar-refractivity contribution in [2.45, 2.75) is 87.5 Å². The molecule has 242 valence electrons. The first kappa shape index (κ1) is 41.4. The molecule has 8 nitrogen and oxygen atoms in total. The van der Waals surface area contributed by atoms with Crippen molar-refractivity contribution in [3.63, 3.8) is 0 Å². The van der Waals surface area contributed by atoms with Gasteiger partial charge in [0.15, 0.2) is 0 Å². The van der Waals surface area contributed by atoms with Gasteiger partial charge in [0.1, 0.15) is 0 Å². The van der Waals surface area contributed by atoms with Crippen LogP contribution in [0.3, 0.4) is 0 Å². The number of hydrogen-bond acceptors (Lipinski definition) is 7. The highest BCUT2D eigenvalue weighted by Gasteiger charge is 2.22. The maximum absolute atomic E-state index is 10.6. The second-order valence-electron chi connectivity index (χ2n) is 11.9. The molecule has 1 amide bonds. The summed E-state index contributed by atoms with van der Waals surface area (Å²) in [5.41, 5.74) is 5.51. The Morgan fingerprint density at radius 2 is 1.18 bits per heavy atom. The molecule has 8 unspecified atom stereocenters. The van der Waals surface area contributed by atoms with Crippen molar-refractivity contribution in [1.82, 2.24) is 5.32 Å². The molecule has 3 rings (SSSR count). The molecule has 0 aromatic heterocycles. The molecule has 0 saturated carbocycles. The van der Waals surface area contributed by atoms with Gasteiger partial charge in [-0.05, 0) is 61.3 Å². The van der Waals surface area contributed by atoms with Gasteiger partial charge < -0.3 is 35.5 Å². The van der Waals surface area contributed by atoms with Crippen molar-refractivity contribution in [2.75, 3.05) is 66.4 Å². The Morgan fingerprint density at radius 1 is 0.800 bits per heavy atom. The molecule has 3 heterocycles. The fraction of sp³-hybridized carbons (Fsp3) is 0.969. The molecule has 0 bridgehead atoms. The summed E-state index contributed by atoms with van der Waals surface area (Å²) in [5.74, 6) is 5.46. The van der Waals surface area contributed by atoms with Crippen molar-refractivity contribution < 1.29 is 29.2 Å². The molecule has 0 spiro atoms. The van der Waals surface area contributed by atoms with E-state index in [1.807, 2.05) is 0 Å². The lowest BCUT2D eigenvalue weighted by atomic mass is 9.90. The lowest BCUT2D eigenvalue weighted by Gasteiger charge is -2.28. The molecule has 3 saturated heterocycles. The Labute approximate surface area is 247 Å². The van der Waals surface area contributed by atoms with E-state index in [1.165, 1.54) is 19.3 Å². The van der Waals surface area contributed by atoms with Crippen LogP contribution < -0.4 is 11.1 Å². The van der Waals surface area contributed by atoms with Gasteiger partial charge in [0.25, 0.3) is 0 Å². The van der Waals surface area contributed by atoms with E-state index in [9.17, 15) is 4.79 Å². The fourth-order valence-corrected chi connectivity index (χ4v) is 4.58. The van der Waals surface area contributed by atoms with Crippen LogP contribution in [0.1, 0.15) is 87.5 Å². The van der Waals surface area contributed by atoms with E-state index in [-0.39, 0.29) is 12.5 Å². The number of carbonyl (C=O) groups is 1. The number of nitrogens with two attached hydrogens (primary N) is 1. The summed E-state index contributed by atoms with van der Waals surface area (Å²) in [5, 5.41) is 18.6. The van der Waals surface area contributed by atoms with E-state index in [4.69, 9.17) is 30.2 Å². The topological polar surface area (TPSA) is 123 Å². The second-order valence-corrected chi connectivity index (χ2v) is 11.9. The van der Waals surface area contributed by atoms with Crippen LogP contribution in [0.25, 0.3) is 0 Å². The Kier molecular flexibility index (Phi) is 28.0. The van der Waals surface area contributed by atoms with Crippen LogP contribution in [0.5, 0.6) is 0 Å². The zero-order chi connectivity index (χ0) is 30.9. The first-order chi connectivity index (χ1) is 19.1. The number of carbonyl (C=O) groups excluding carboxylic acids is 1. The molecular weight excluding hydrogens is 508 g/mol. The molecule has 0 aliphatic carbocycles. The second kappa shape index (κ2) is 27.1. The highest BCUT2D eigenvalue weighted by Crippen LogP contribution is 2.21. The summed E-state index contributed by atoms with van der Waals surface area (Å²) in [6.45, 7) is 24.3. The minimum Gasteiger partial charge on any atom is -0.400 e. The number of hydrogen-bond donors (Lipinski definition) is 4. The van der Waals surface area contributed by atoms with E-state index >= 15 is 0 Å². The quantitative estimate of drug-likeness (QED) is 0.345. The monoisotopic (exact) mass is 577 g/mol. The molecule has 0 radical (unpaired) electrons. The van der Waals surface area contributed by atoms with E-state index in [1.54, 1.807) is 6.92 Å². The van der Waals surface area contributed by atoms with Gasteiger partial charge in [-0.15, -0.1) is 0 Å². The predicted molar refractivity (Wildman–Crippen MR) is 166 cm³/mol. The minimum absolute atomic E-state index is 0.0489. The van der Waals surface area contributed by atoms with Crippen LogP contribution >= 0.6 is 0 Å². The van der Waals surface area contributed by atoms with E-state index in [2.05, 4.69) is 53.8 Å². The van der Waals surface area contributed by atoms with Crippen LogP contribution in [0.15, 0.2) is 0 Å².